The van der Waals surface area contributed by atoms with Crippen LogP contribution in [0.15, 0.2) is 18.5 Å². The zero-order chi connectivity index (χ0) is 10.4. The number of hydrogen-bond donors (Lipinski definition) is 0. The third kappa shape index (κ3) is 3.05. The highest BCUT2D eigenvalue weighted by Gasteiger charge is 2.04. The van der Waals surface area contributed by atoms with Gasteiger partial charge in [-0.15, -0.1) is 0 Å². The predicted molar refractivity (Wildman–Crippen MR) is 51.1 cm³/mol. The second-order valence-corrected chi connectivity index (χ2v) is 2.71. The smallest absolute Gasteiger partial charge is 0.310 e. The first-order valence-corrected chi connectivity index (χ1v) is 4.39. The Morgan fingerprint density at radius 1 is 1.50 bits per heavy atom. The fourth-order valence-corrected chi connectivity index (χ4v) is 1.05. The van der Waals surface area contributed by atoms with E-state index >= 15 is 0 Å². The lowest BCUT2D eigenvalue weighted by atomic mass is 10.2. The molecule has 1 rings (SSSR count). The second kappa shape index (κ2) is 5.21. The molecular weight excluding hydrogens is 182 g/mol. The predicted octanol–water partition coefficient (Wildman–Crippen LogP) is 1.20. The summed E-state index contributed by atoms with van der Waals surface area (Å²) in [7, 11) is 1.56. The van der Waals surface area contributed by atoms with Crippen LogP contribution in [0, 0.1) is 0 Å². The molecule has 1 aromatic heterocycles. The number of hydrogen-bond acceptors (Lipinski definition) is 4. The van der Waals surface area contributed by atoms with Gasteiger partial charge in [-0.05, 0) is 18.6 Å². The summed E-state index contributed by atoms with van der Waals surface area (Å²) >= 11 is 0. The molecule has 4 heteroatoms. The molecule has 0 aliphatic rings. The Kier molecular flexibility index (Phi) is 3.91. The standard InChI is InChI=1S/C10H13NO3/c1-3-14-10(12)5-8-4-9(13-2)7-11-6-8/h4,6-7H,3,5H2,1-2H3. The second-order valence-electron chi connectivity index (χ2n) is 2.71. The molecule has 0 spiro atoms. The van der Waals surface area contributed by atoms with E-state index in [2.05, 4.69) is 4.98 Å². The molecule has 1 aromatic rings. The molecule has 0 N–H and O–H groups in total. The van der Waals surface area contributed by atoms with E-state index in [0.29, 0.717) is 12.4 Å². The largest absolute Gasteiger partial charge is 0.495 e. The Morgan fingerprint density at radius 2 is 2.29 bits per heavy atom. The Labute approximate surface area is 82.9 Å². The van der Waals surface area contributed by atoms with E-state index in [1.807, 2.05) is 0 Å². The number of methoxy groups -OCH3 is 1. The van der Waals surface area contributed by atoms with Crippen molar-refractivity contribution in [2.45, 2.75) is 13.3 Å². The minimum absolute atomic E-state index is 0.234. The third-order valence-corrected chi connectivity index (χ3v) is 1.66. The summed E-state index contributed by atoms with van der Waals surface area (Å²) in [5.74, 6) is 0.398. The highest BCUT2D eigenvalue weighted by atomic mass is 16.5. The number of nitrogens with zero attached hydrogens (tertiary/aromatic N) is 1. The topological polar surface area (TPSA) is 48.4 Å². The molecule has 0 aliphatic carbocycles. The molecule has 0 aromatic carbocycles. The zero-order valence-corrected chi connectivity index (χ0v) is 8.32. The molecule has 4 nitrogen and oxygen atoms in total. The van der Waals surface area contributed by atoms with Crippen LogP contribution >= 0.6 is 0 Å². The van der Waals surface area contributed by atoms with E-state index < -0.39 is 0 Å². The van der Waals surface area contributed by atoms with Gasteiger partial charge in [0.2, 0.25) is 0 Å². The van der Waals surface area contributed by atoms with Crippen molar-refractivity contribution in [2.24, 2.45) is 0 Å². The van der Waals surface area contributed by atoms with Gasteiger partial charge in [-0.1, -0.05) is 0 Å². The number of carbonyl (C=O) groups is 1. The lowest BCUT2D eigenvalue weighted by molar-refractivity contribution is -0.142. The van der Waals surface area contributed by atoms with Gasteiger partial charge in [0.25, 0.3) is 0 Å². The summed E-state index contributed by atoms with van der Waals surface area (Å²) in [5.41, 5.74) is 0.794. The van der Waals surface area contributed by atoms with Crippen molar-refractivity contribution >= 4 is 5.97 Å². The lowest BCUT2D eigenvalue weighted by Crippen LogP contribution is -2.07. The summed E-state index contributed by atoms with van der Waals surface area (Å²) in [5, 5.41) is 0. The van der Waals surface area contributed by atoms with Crippen LogP contribution in [-0.4, -0.2) is 24.7 Å². The number of aromatic nitrogens is 1. The van der Waals surface area contributed by atoms with Gasteiger partial charge >= 0.3 is 5.97 Å². The number of esters is 1. The number of rotatable bonds is 4. The molecule has 0 aliphatic heterocycles. The van der Waals surface area contributed by atoms with Crippen LogP contribution in [-0.2, 0) is 16.0 Å². The first-order valence-electron chi connectivity index (χ1n) is 4.39. The van der Waals surface area contributed by atoms with Gasteiger partial charge in [0.1, 0.15) is 5.75 Å². The molecule has 0 radical (unpaired) electrons. The van der Waals surface area contributed by atoms with Crippen LogP contribution < -0.4 is 4.74 Å². The molecule has 0 bridgehead atoms. The average molecular weight is 195 g/mol. The van der Waals surface area contributed by atoms with Gasteiger partial charge in [0.15, 0.2) is 0 Å². The van der Waals surface area contributed by atoms with E-state index in [-0.39, 0.29) is 12.4 Å². The van der Waals surface area contributed by atoms with Crippen molar-refractivity contribution in [1.82, 2.24) is 4.98 Å². The van der Waals surface area contributed by atoms with E-state index in [0.717, 1.165) is 5.56 Å². The van der Waals surface area contributed by atoms with Crippen molar-refractivity contribution in [3.63, 3.8) is 0 Å². The van der Waals surface area contributed by atoms with Crippen molar-refractivity contribution < 1.29 is 14.3 Å². The molecule has 0 fully saturated rings. The Bertz CT molecular complexity index is 312. The SMILES string of the molecule is CCOC(=O)Cc1cncc(OC)c1. The van der Waals surface area contributed by atoms with Gasteiger partial charge in [-0.25, -0.2) is 0 Å². The highest BCUT2D eigenvalue weighted by molar-refractivity contribution is 5.72. The Hall–Kier alpha value is -1.58. The minimum Gasteiger partial charge on any atom is -0.495 e. The summed E-state index contributed by atoms with van der Waals surface area (Å²) in [6.07, 6.45) is 3.45. The van der Waals surface area contributed by atoms with Crippen LogP contribution in [0.4, 0.5) is 0 Å². The van der Waals surface area contributed by atoms with Crippen LogP contribution in [0.2, 0.25) is 0 Å². The third-order valence-electron chi connectivity index (χ3n) is 1.66. The van der Waals surface area contributed by atoms with Crippen molar-refractivity contribution in [3.05, 3.63) is 24.0 Å². The highest BCUT2D eigenvalue weighted by Crippen LogP contribution is 2.10. The normalized spacial score (nSPS) is 9.57. The summed E-state index contributed by atoms with van der Waals surface area (Å²) in [6.45, 7) is 2.18. The fourth-order valence-electron chi connectivity index (χ4n) is 1.05. The van der Waals surface area contributed by atoms with Gasteiger partial charge in [0, 0.05) is 6.20 Å². The Balaban J connectivity index is 2.62. The molecule has 0 amide bonds. The van der Waals surface area contributed by atoms with Crippen molar-refractivity contribution in [2.75, 3.05) is 13.7 Å². The maximum atomic E-state index is 11.1. The summed E-state index contributed by atoms with van der Waals surface area (Å²) in [4.78, 5) is 15.1. The van der Waals surface area contributed by atoms with Gasteiger partial charge in [-0.2, -0.15) is 0 Å². The fraction of sp³-hybridized carbons (Fsp3) is 0.400. The molecule has 0 saturated carbocycles. The summed E-state index contributed by atoms with van der Waals surface area (Å²) in [6, 6.07) is 1.77. The maximum Gasteiger partial charge on any atom is 0.310 e. The maximum absolute atomic E-state index is 11.1. The molecule has 0 atom stereocenters. The van der Waals surface area contributed by atoms with E-state index in [1.165, 1.54) is 0 Å². The van der Waals surface area contributed by atoms with Crippen LogP contribution in [0.1, 0.15) is 12.5 Å². The monoisotopic (exact) mass is 195 g/mol. The van der Waals surface area contributed by atoms with Crippen LogP contribution in [0.3, 0.4) is 0 Å². The van der Waals surface area contributed by atoms with Gasteiger partial charge in [-0.3, -0.25) is 9.78 Å². The molecule has 76 valence electrons. The van der Waals surface area contributed by atoms with Crippen LogP contribution in [0.25, 0.3) is 0 Å². The quantitative estimate of drug-likeness (QED) is 0.677. The van der Waals surface area contributed by atoms with E-state index in [1.54, 1.807) is 32.5 Å². The van der Waals surface area contributed by atoms with E-state index in [9.17, 15) is 4.79 Å². The molecular formula is C10H13NO3. The van der Waals surface area contributed by atoms with Crippen molar-refractivity contribution in [3.8, 4) is 5.75 Å². The molecule has 1 heterocycles. The van der Waals surface area contributed by atoms with Gasteiger partial charge < -0.3 is 9.47 Å². The Morgan fingerprint density at radius 3 is 2.93 bits per heavy atom. The number of ether oxygens (including phenoxy) is 2. The minimum atomic E-state index is -0.248. The zero-order valence-electron chi connectivity index (χ0n) is 8.32. The van der Waals surface area contributed by atoms with Crippen LogP contribution in [0.5, 0.6) is 5.75 Å². The average Bonchev–Trinajstić information content (AvgIpc) is 2.18. The molecule has 14 heavy (non-hydrogen) atoms. The van der Waals surface area contributed by atoms with E-state index in [4.69, 9.17) is 9.47 Å². The number of pyridine rings is 1. The first kappa shape index (κ1) is 10.5. The molecule has 0 saturated heterocycles. The van der Waals surface area contributed by atoms with Crippen molar-refractivity contribution in [1.29, 1.82) is 0 Å². The summed E-state index contributed by atoms with van der Waals surface area (Å²) < 4.78 is 9.79. The number of carbonyl (C=O) groups excluding carboxylic acids is 1. The molecule has 0 unspecified atom stereocenters. The lowest BCUT2D eigenvalue weighted by Gasteiger charge is -2.03. The first-order chi connectivity index (χ1) is 6.76. The van der Waals surface area contributed by atoms with Gasteiger partial charge in [0.05, 0.1) is 26.3 Å².